The third-order valence-electron chi connectivity index (χ3n) is 4.35. The molecule has 0 aromatic heterocycles. The second-order valence-corrected chi connectivity index (χ2v) is 5.29. The molecule has 1 aromatic rings. The van der Waals surface area contributed by atoms with E-state index in [0.717, 1.165) is 31.2 Å². The Kier molecular flexibility index (Phi) is 3.13. The summed E-state index contributed by atoms with van der Waals surface area (Å²) in [5.74, 6) is 0.624. The minimum atomic E-state index is -0.459. The molecule has 1 aliphatic heterocycles. The summed E-state index contributed by atoms with van der Waals surface area (Å²) in [4.78, 5) is 0. The molecule has 0 unspecified atom stereocenters. The summed E-state index contributed by atoms with van der Waals surface area (Å²) in [6.07, 6.45) is 5.13. The number of hydrogen-bond donors (Lipinski definition) is 0. The second kappa shape index (κ2) is 4.67. The summed E-state index contributed by atoms with van der Waals surface area (Å²) in [6.45, 7) is 0.430. The molecule has 1 spiro atoms. The molecule has 1 aromatic carbocycles. The van der Waals surface area contributed by atoms with E-state index in [0.29, 0.717) is 17.9 Å². The fourth-order valence-corrected chi connectivity index (χ4v) is 3.40. The maximum Gasteiger partial charge on any atom is 0.171 e. The van der Waals surface area contributed by atoms with Gasteiger partial charge in [-0.25, -0.2) is 4.39 Å². The third-order valence-corrected chi connectivity index (χ3v) is 4.35. The zero-order chi connectivity index (χ0) is 13.5. The van der Waals surface area contributed by atoms with Gasteiger partial charge in [0.25, 0.3) is 0 Å². The van der Waals surface area contributed by atoms with Crippen molar-refractivity contribution in [1.82, 2.24) is 0 Å². The highest BCUT2D eigenvalue weighted by Crippen LogP contribution is 2.51. The van der Waals surface area contributed by atoms with Gasteiger partial charge >= 0.3 is 0 Å². The molecule has 1 fully saturated rings. The van der Waals surface area contributed by atoms with Gasteiger partial charge in [-0.1, -0.05) is 19.3 Å². The fourth-order valence-electron chi connectivity index (χ4n) is 3.40. The van der Waals surface area contributed by atoms with Crippen LogP contribution < -0.4 is 9.47 Å². The number of ether oxygens (including phenoxy) is 3. The molecule has 0 bridgehead atoms. The van der Waals surface area contributed by atoms with E-state index in [2.05, 4.69) is 0 Å². The lowest BCUT2D eigenvalue weighted by molar-refractivity contribution is -0.0655. The van der Waals surface area contributed by atoms with Crippen LogP contribution in [0.4, 0.5) is 4.39 Å². The van der Waals surface area contributed by atoms with Crippen LogP contribution >= 0.6 is 0 Å². The Morgan fingerprint density at radius 1 is 1.11 bits per heavy atom. The van der Waals surface area contributed by atoms with Gasteiger partial charge in [0.15, 0.2) is 11.6 Å². The quantitative estimate of drug-likeness (QED) is 0.819. The van der Waals surface area contributed by atoms with Crippen LogP contribution in [0.25, 0.3) is 0 Å². The summed E-state index contributed by atoms with van der Waals surface area (Å²) < 4.78 is 31.2. The average Bonchev–Trinajstić information content (AvgIpc) is 2.80. The Balaban J connectivity index is 2.17. The van der Waals surface area contributed by atoms with Gasteiger partial charge in [-0.3, -0.25) is 0 Å². The molecule has 3 nitrogen and oxygen atoms in total. The van der Waals surface area contributed by atoms with Crippen molar-refractivity contribution in [1.29, 1.82) is 0 Å². The van der Waals surface area contributed by atoms with E-state index in [9.17, 15) is 4.39 Å². The lowest BCUT2D eigenvalue weighted by Crippen LogP contribution is -2.29. The average molecular weight is 266 g/mol. The van der Waals surface area contributed by atoms with Crippen LogP contribution in [0.2, 0.25) is 0 Å². The van der Waals surface area contributed by atoms with Crippen LogP contribution in [0.1, 0.15) is 43.2 Å². The van der Waals surface area contributed by atoms with Gasteiger partial charge in [0.05, 0.1) is 26.4 Å². The van der Waals surface area contributed by atoms with Crippen molar-refractivity contribution in [3.8, 4) is 11.5 Å². The maximum absolute atomic E-state index is 14.7. The fraction of sp³-hybridized carbons (Fsp3) is 0.600. The summed E-state index contributed by atoms with van der Waals surface area (Å²) in [7, 11) is 3.08. The van der Waals surface area contributed by atoms with Crippen LogP contribution in [0.5, 0.6) is 11.5 Å². The van der Waals surface area contributed by atoms with Gasteiger partial charge < -0.3 is 14.2 Å². The normalized spacial score (nSPS) is 20.4. The first kappa shape index (κ1) is 12.7. The maximum atomic E-state index is 14.7. The summed E-state index contributed by atoms with van der Waals surface area (Å²) in [5.41, 5.74) is 1.06. The zero-order valence-corrected chi connectivity index (χ0v) is 11.4. The van der Waals surface area contributed by atoms with Crippen LogP contribution in [-0.4, -0.2) is 14.2 Å². The highest BCUT2D eigenvalue weighted by molar-refractivity contribution is 5.52. The summed E-state index contributed by atoms with van der Waals surface area (Å²) in [6, 6.07) is 1.61. The highest BCUT2D eigenvalue weighted by atomic mass is 19.1. The molecule has 1 heterocycles. The van der Waals surface area contributed by atoms with E-state index in [1.54, 1.807) is 13.2 Å². The molecule has 0 amide bonds. The van der Waals surface area contributed by atoms with Gasteiger partial charge in [0.1, 0.15) is 5.75 Å². The second-order valence-electron chi connectivity index (χ2n) is 5.29. The van der Waals surface area contributed by atoms with Crippen molar-refractivity contribution >= 4 is 0 Å². The van der Waals surface area contributed by atoms with Crippen molar-refractivity contribution in [2.75, 3.05) is 14.2 Å². The molecule has 104 valence electrons. The van der Waals surface area contributed by atoms with Gasteiger partial charge in [0.2, 0.25) is 0 Å². The number of fused-ring (bicyclic) bond motifs is 2. The smallest absolute Gasteiger partial charge is 0.171 e. The van der Waals surface area contributed by atoms with E-state index >= 15 is 0 Å². The van der Waals surface area contributed by atoms with Gasteiger partial charge in [0, 0.05) is 17.2 Å². The Morgan fingerprint density at radius 2 is 1.79 bits per heavy atom. The predicted octanol–water partition coefficient (Wildman–Crippen LogP) is 3.53. The van der Waals surface area contributed by atoms with Crippen molar-refractivity contribution in [3.63, 3.8) is 0 Å². The van der Waals surface area contributed by atoms with E-state index in [4.69, 9.17) is 14.2 Å². The Labute approximate surface area is 112 Å². The van der Waals surface area contributed by atoms with Gasteiger partial charge in [-0.15, -0.1) is 0 Å². The molecular weight excluding hydrogens is 247 g/mol. The Hall–Kier alpha value is -1.29. The molecule has 0 radical (unpaired) electrons. The zero-order valence-electron chi connectivity index (χ0n) is 11.4. The Bertz CT molecular complexity index is 493. The van der Waals surface area contributed by atoms with E-state index < -0.39 is 5.60 Å². The monoisotopic (exact) mass is 266 g/mol. The van der Waals surface area contributed by atoms with Crippen molar-refractivity contribution in [2.45, 2.75) is 44.3 Å². The van der Waals surface area contributed by atoms with Crippen molar-refractivity contribution in [3.05, 3.63) is 23.0 Å². The molecule has 2 aliphatic rings. The van der Waals surface area contributed by atoms with Crippen LogP contribution in [0.3, 0.4) is 0 Å². The predicted molar refractivity (Wildman–Crippen MR) is 69.1 cm³/mol. The lowest BCUT2D eigenvalue weighted by Gasteiger charge is -2.33. The van der Waals surface area contributed by atoms with Gasteiger partial charge in [-0.2, -0.15) is 0 Å². The lowest BCUT2D eigenvalue weighted by atomic mass is 9.79. The molecule has 1 saturated carbocycles. The number of methoxy groups -OCH3 is 2. The minimum absolute atomic E-state index is 0.242. The third kappa shape index (κ3) is 1.81. The molecule has 3 rings (SSSR count). The molecular formula is C15H19FO3. The first-order chi connectivity index (χ1) is 9.22. The molecule has 0 atom stereocenters. The SMILES string of the molecule is COc1cc(OC)c2c(c1F)C1(CCCCC1)OC2. The number of halogens is 1. The summed E-state index contributed by atoms with van der Waals surface area (Å²) in [5, 5.41) is 0. The van der Waals surface area contributed by atoms with Crippen LogP contribution in [0, 0.1) is 5.82 Å². The minimum Gasteiger partial charge on any atom is -0.496 e. The first-order valence-electron chi connectivity index (χ1n) is 6.79. The topological polar surface area (TPSA) is 27.7 Å². The van der Waals surface area contributed by atoms with E-state index in [1.165, 1.54) is 13.5 Å². The van der Waals surface area contributed by atoms with Crippen molar-refractivity contribution in [2.24, 2.45) is 0 Å². The number of hydrogen-bond acceptors (Lipinski definition) is 3. The van der Waals surface area contributed by atoms with Gasteiger partial charge in [-0.05, 0) is 12.8 Å². The Morgan fingerprint density at radius 3 is 2.42 bits per heavy atom. The first-order valence-corrected chi connectivity index (χ1v) is 6.79. The number of benzene rings is 1. The van der Waals surface area contributed by atoms with Crippen LogP contribution in [-0.2, 0) is 16.9 Å². The molecule has 0 N–H and O–H groups in total. The van der Waals surface area contributed by atoms with E-state index in [1.807, 2.05) is 0 Å². The van der Waals surface area contributed by atoms with Crippen LogP contribution in [0.15, 0.2) is 6.07 Å². The van der Waals surface area contributed by atoms with E-state index in [-0.39, 0.29) is 11.6 Å². The molecule has 4 heteroatoms. The van der Waals surface area contributed by atoms with Crippen molar-refractivity contribution < 1.29 is 18.6 Å². The molecule has 0 saturated heterocycles. The highest BCUT2D eigenvalue weighted by Gasteiger charge is 2.45. The largest absolute Gasteiger partial charge is 0.496 e. The molecule has 1 aliphatic carbocycles. The molecule has 19 heavy (non-hydrogen) atoms. The summed E-state index contributed by atoms with van der Waals surface area (Å²) >= 11 is 0. The number of rotatable bonds is 2. The standard InChI is InChI=1S/C15H19FO3/c1-17-11-8-12(18-2)14(16)13-10(11)9-19-15(13)6-4-3-5-7-15/h8H,3-7,9H2,1-2H3.